The number of halogens is 2. The van der Waals surface area contributed by atoms with Crippen molar-refractivity contribution >= 4 is 70.8 Å². The summed E-state index contributed by atoms with van der Waals surface area (Å²) in [5.41, 5.74) is 5.88. The Bertz CT molecular complexity index is 3150. The average molecular weight is 1210 g/mol. The number of amides is 8. The summed E-state index contributed by atoms with van der Waals surface area (Å²) >= 11 is 12.5. The van der Waals surface area contributed by atoms with Crippen LogP contribution in [0.3, 0.4) is 0 Å². The summed E-state index contributed by atoms with van der Waals surface area (Å²) in [5, 5.41) is 18.4. The van der Waals surface area contributed by atoms with Crippen LogP contribution in [0, 0.1) is 0 Å². The van der Waals surface area contributed by atoms with Gasteiger partial charge in [-0.2, -0.15) is 0 Å². The molecule has 0 spiro atoms. The summed E-state index contributed by atoms with van der Waals surface area (Å²) in [6.07, 6.45) is 0.271. The molecule has 3 aliphatic rings. The summed E-state index contributed by atoms with van der Waals surface area (Å²) in [4.78, 5) is 120. The van der Waals surface area contributed by atoms with Gasteiger partial charge in [-0.25, -0.2) is 9.59 Å². The van der Waals surface area contributed by atoms with E-state index in [9.17, 15) is 9.59 Å². The van der Waals surface area contributed by atoms with Gasteiger partial charge in [0, 0.05) is 73.0 Å². The fourth-order valence-corrected chi connectivity index (χ4v) is 11.4. The van der Waals surface area contributed by atoms with E-state index >= 15 is 28.8 Å². The van der Waals surface area contributed by atoms with Crippen molar-refractivity contribution in [1.82, 2.24) is 41.7 Å². The van der Waals surface area contributed by atoms with Crippen molar-refractivity contribution in [2.75, 3.05) is 13.1 Å². The summed E-state index contributed by atoms with van der Waals surface area (Å²) in [7, 11) is 0. The van der Waals surface area contributed by atoms with Crippen LogP contribution in [-0.4, -0.2) is 107 Å². The first-order valence-corrected chi connectivity index (χ1v) is 29.9. The molecule has 448 valence electrons. The topological polar surface area (TPSA) is 234 Å². The number of rotatable bonds is 18. The highest BCUT2D eigenvalue weighted by molar-refractivity contribution is 6.31. The molecule has 0 aliphatic carbocycles. The molecule has 3 aliphatic heterocycles. The van der Waals surface area contributed by atoms with Gasteiger partial charge in [0.15, 0.2) is 0 Å². The number of alkyl carbamates (subject to hydrolysis) is 2. The zero-order valence-electron chi connectivity index (χ0n) is 47.5. The zero-order valence-corrected chi connectivity index (χ0v) is 49.0. The van der Waals surface area contributed by atoms with Crippen molar-refractivity contribution in [3.8, 4) is 0 Å². The molecule has 0 saturated carbocycles. The van der Waals surface area contributed by atoms with E-state index in [4.69, 9.17) is 32.7 Å². The Morgan fingerprint density at radius 1 is 0.430 bits per heavy atom. The second-order valence-electron chi connectivity index (χ2n) is 21.7. The van der Waals surface area contributed by atoms with E-state index < -0.39 is 83.9 Å². The molecule has 6 aromatic carbocycles. The Labute approximate surface area is 510 Å². The monoisotopic (exact) mass is 1200 g/mol. The van der Waals surface area contributed by atoms with Gasteiger partial charge < -0.3 is 51.2 Å². The molecule has 20 heteroatoms. The molecule has 0 bridgehead atoms. The van der Waals surface area contributed by atoms with Gasteiger partial charge in [-0.3, -0.25) is 28.8 Å². The van der Waals surface area contributed by atoms with E-state index in [1.54, 1.807) is 48.5 Å². The number of hydrogen-bond acceptors (Lipinski definition) is 10. The van der Waals surface area contributed by atoms with E-state index in [2.05, 4.69) is 31.9 Å². The van der Waals surface area contributed by atoms with Crippen LogP contribution in [0.5, 0.6) is 0 Å². The SMILES string of the molecule is O=C(NCCCC[C@@H]1NC(=O)[C@H](Cc2ccccc2)NC(=O)[C@@H]2Cc3ccccc3CN2C(=O)[C@H](CCCCNC(=O)OCc2ccccc2Cl)NC(=O)[C@H](Cc2ccccc2)NC(=O)[C@@H]2Cc3ccccc3CN2C1=O)OCc1ccccc1Cl. The predicted octanol–water partition coefficient (Wildman–Crippen LogP) is 7.83. The number of ether oxygens (including phenoxy) is 2. The number of nitrogens with zero attached hydrogens (tertiary/aromatic N) is 2. The first-order valence-electron chi connectivity index (χ1n) is 29.1. The predicted molar refractivity (Wildman–Crippen MR) is 324 cm³/mol. The molecular weight excluding hydrogens is 1140 g/mol. The molecule has 6 aromatic rings. The van der Waals surface area contributed by atoms with E-state index in [1.165, 1.54) is 9.80 Å². The van der Waals surface area contributed by atoms with Crippen LogP contribution in [0.1, 0.15) is 83.0 Å². The second-order valence-corrected chi connectivity index (χ2v) is 22.5. The van der Waals surface area contributed by atoms with Gasteiger partial charge in [-0.15, -0.1) is 0 Å². The minimum Gasteiger partial charge on any atom is -0.445 e. The third kappa shape index (κ3) is 16.8. The van der Waals surface area contributed by atoms with Crippen LogP contribution in [0.4, 0.5) is 9.59 Å². The molecule has 0 radical (unpaired) electrons. The first kappa shape index (κ1) is 61.8. The maximum atomic E-state index is 15.5. The number of unbranched alkanes of at least 4 members (excludes halogenated alkanes) is 2. The highest BCUT2D eigenvalue weighted by Gasteiger charge is 2.43. The van der Waals surface area contributed by atoms with Gasteiger partial charge in [0.1, 0.15) is 49.5 Å². The fraction of sp³-hybridized carbons (Fsp3) is 0.333. The normalized spacial score (nSPS) is 20.0. The van der Waals surface area contributed by atoms with Crippen LogP contribution < -0.4 is 31.9 Å². The fourth-order valence-electron chi connectivity index (χ4n) is 11.0. The third-order valence-corrected chi connectivity index (χ3v) is 16.5. The minimum absolute atomic E-state index is 0.00197. The van der Waals surface area contributed by atoms with Gasteiger partial charge in [-0.1, -0.05) is 169 Å². The molecule has 8 amide bonds. The molecule has 18 nitrogen and oxygen atoms in total. The van der Waals surface area contributed by atoms with Crippen molar-refractivity contribution in [3.63, 3.8) is 0 Å². The summed E-state index contributed by atoms with van der Waals surface area (Å²) in [6.45, 7) is 0.211. The van der Waals surface area contributed by atoms with Gasteiger partial charge in [0.2, 0.25) is 35.4 Å². The van der Waals surface area contributed by atoms with Crippen molar-refractivity contribution in [2.24, 2.45) is 0 Å². The summed E-state index contributed by atoms with van der Waals surface area (Å²) in [6, 6.07) is 39.7. The van der Waals surface area contributed by atoms with E-state index in [0.717, 1.165) is 22.3 Å². The van der Waals surface area contributed by atoms with Crippen molar-refractivity contribution in [1.29, 1.82) is 0 Å². The molecule has 86 heavy (non-hydrogen) atoms. The third-order valence-electron chi connectivity index (χ3n) is 15.7. The molecule has 9 rings (SSSR count). The molecule has 1 saturated heterocycles. The number of nitrogens with one attached hydrogen (secondary N) is 6. The lowest BCUT2D eigenvalue weighted by atomic mass is 9.91. The summed E-state index contributed by atoms with van der Waals surface area (Å²) < 4.78 is 10.8. The maximum Gasteiger partial charge on any atom is 0.407 e. The van der Waals surface area contributed by atoms with Gasteiger partial charge in [0.25, 0.3) is 0 Å². The largest absolute Gasteiger partial charge is 0.445 e. The molecule has 0 aromatic heterocycles. The Kier molecular flexibility index (Phi) is 21.8. The molecular formula is C66H70Cl2N8O10. The molecule has 1 fully saturated rings. The van der Waals surface area contributed by atoms with E-state index in [0.29, 0.717) is 58.0 Å². The number of carbonyl (C=O) groups excluding carboxylic acids is 8. The quantitative estimate of drug-likeness (QED) is 0.0457. The molecule has 3 heterocycles. The van der Waals surface area contributed by atoms with Crippen molar-refractivity contribution in [2.45, 2.75) is 127 Å². The van der Waals surface area contributed by atoms with Gasteiger partial charge >= 0.3 is 12.2 Å². The van der Waals surface area contributed by atoms with Gasteiger partial charge in [-0.05, 0) is 84.0 Å². The summed E-state index contributed by atoms with van der Waals surface area (Å²) in [5.74, 6) is -3.76. The second kappa shape index (κ2) is 30.4. The maximum absolute atomic E-state index is 15.5. The molecule has 0 unspecified atom stereocenters. The Balaban J connectivity index is 1.03. The highest BCUT2D eigenvalue weighted by Crippen LogP contribution is 2.28. The lowest BCUT2D eigenvalue weighted by Gasteiger charge is -2.40. The zero-order chi connectivity index (χ0) is 60.4. The van der Waals surface area contributed by atoms with E-state index in [1.807, 2.05) is 109 Å². The van der Waals surface area contributed by atoms with Crippen molar-refractivity contribution < 1.29 is 47.8 Å². The number of hydrogen-bond donors (Lipinski definition) is 6. The Morgan fingerprint density at radius 3 is 1.17 bits per heavy atom. The first-order chi connectivity index (χ1) is 41.8. The number of benzene rings is 6. The number of fused-ring (bicyclic) bond motifs is 4. The molecule has 6 atom stereocenters. The van der Waals surface area contributed by atoms with Crippen LogP contribution in [0.25, 0.3) is 0 Å². The van der Waals surface area contributed by atoms with E-state index in [-0.39, 0.29) is 77.9 Å². The Morgan fingerprint density at radius 2 is 0.779 bits per heavy atom. The Hall–Kier alpha value is -8.74. The lowest BCUT2D eigenvalue weighted by Crippen LogP contribution is -2.64. The van der Waals surface area contributed by atoms with Crippen molar-refractivity contribution in [3.05, 3.63) is 212 Å². The van der Waals surface area contributed by atoms with Crippen LogP contribution in [0.15, 0.2) is 158 Å². The minimum atomic E-state index is -1.28. The lowest BCUT2D eigenvalue weighted by molar-refractivity contribution is -0.147. The average Bonchev–Trinajstić information content (AvgIpc) is 1.35. The van der Waals surface area contributed by atoms with Gasteiger partial charge in [0.05, 0.1) is 0 Å². The molecule has 6 N–H and O–H groups in total. The smallest absolute Gasteiger partial charge is 0.407 e. The van der Waals surface area contributed by atoms with Crippen LogP contribution >= 0.6 is 23.2 Å². The standard InChI is InChI=1S/C66H70Cl2N8O10/c67-51-29-13-11-27-49(51)41-85-65(83)69-33-17-15-31-53-63(81)76-40-48-26-10-8-24-46(48)38-58(76)62(80)74-56(36-44-21-5-2-6-22-44)60(78)72-54(32-16-18-34-70-66(84)86-42-50-28-12-14-30-52(50)68)64(82)75-39-47-25-9-7-23-45(47)37-57(75)61(79)73-55(59(77)71-53)35-43-19-3-1-4-20-43/h1-14,19-30,53-58H,15-18,31-42H2,(H,69,83)(H,70,84)(H,71,77)(H,72,78)(H,73,79)(H,74,80)/t53-,54-,55-,56-,57-,58-/m0/s1. The van der Waals surface area contributed by atoms with Crippen LogP contribution in [-0.2, 0) is 90.2 Å². The number of carbonyl (C=O) groups is 8. The van der Waals surface area contributed by atoms with Crippen LogP contribution in [0.2, 0.25) is 10.0 Å². The highest BCUT2D eigenvalue weighted by atomic mass is 35.5.